The third-order valence-electron chi connectivity index (χ3n) is 4.74. The lowest BCUT2D eigenvalue weighted by Crippen LogP contribution is -2.15. The number of hydrogen-bond donors (Lipinski definition) is 1. The Morgan fingerprint density at radius 2 is 1.75 bits per heavy atom. The summed E-state index contributed by atoms with van der Waals surface area (Å²) in [7, 11) is 0. The van der Waals surface area contributed by atoms with E-state index in [-0.39, 0.29) is 11.4 Å². The van der Waals surface area contributed by atoms with Gasteiger partial charge >= 0.3 is 0 Å². The van der Waals surface area contributed by atoms with Crippen LogP contribution >= 0.6 is 11.8 Å². The van der Waals surface area contributed by atoms with Gasteiger partial charge in [0.05, 0.1) is 11.4 Å². The fourth-order valence-electron chi connectivity index (χ4n) is 3.17. The van der Waals surface area contributed by atoms with Gasteiger partial charge in [0, 0.05) is 17.3 Å². The normalized spacial score (nSPS) is 10.9. The third-order valence-corrected chi connectivity index (χ3v) is 5.67. The van der Waals surface area contributed by atoms with Crippen molar-refractivity contribution in [3.05, 3.63) is 89.5 Å². The molecule has 0 saturated heterocycles. The fourth-order valence-corrected chi connectivity index (χ4v) is 3.92. The molecule has 0 aliphatic carbocycles. The Morgan fingerprint density at radius 1 is 0.969 bits per heavy atom. The maximum absolute atomic E-state index is 13.8. The monoisotopic (exact) mass is 450 g/mol. The molecule has 32 heavy (non-hydrogen) atoms. The summed E-state index contributed by atoms with van der Waals surface area (Å²) in [6.07, 6.45) is 0. The topological polar surface area (TPSA) is 59.8 Å². The summed E-state index contributed by atoms with van der Waals surface area (Å²) < 4.78 is 28.8. The van der Waals surface area contributed by atoms with E-state index < -0.39 is 17.5 Å². The van der Waals surface area contributed by atoms with E-state index in [2.05, 4.69) is 15.5 Å². The highest BCUT2D eigenvalue weighted by molar-refractivity contribution is 7.99. The molecule has 4 aromatic rings. The van der Waals surface area contributed by atoms with Crippen LogP contribution in [0.3, 0.4) is 0 Å². The van der Waals surface area contributed by atoms with Crippen LogP contribution in [0.5, 0.6) is 0 Å². The van der Waals surface area contributed by atoms with Crippen molar-refractivity contribution < 1.29 is 13.6 Å². The van der Waals surface area contributed by atoms with Crippen LogP contribution in [-0.2, 0) is 4.79 Å². The Balaban J connectivity index is 1.60. The van der Waals surface area contributed by atoms with Gasteiger partial charge in [0.2, 0.25) is 5.91 Å². The van der Waals surface area contributed by atoms with E-state index in [1.54, 1.807) is 0 Å². The number of halogens is 2. The van der Waals surface area contributed by atoms with Gasteiger partial charge in [-0.15, -0.1) is 10.2 Å². The fraction of sp³-hybridized carbons (Fsp3) is 0.125. The average Bonchev–Trinajstić information content (AvgIpc) is 3.19. The molecule has 3 aromatic carbocycles. The SMILES string of the molecule is Cc1ccc(-n2c(SCC(=O)Nc3ccc(F)cc3F)nnc2-c2cccc(C)c2)cc1. The highest BCUT2D eigenvalue weighted by Gasteiger charge is 2.18. The van der Waals surface area contributed by atoms with Gasteiger partial charge < -0.3 is 5.32 Å². The van der Waals surface area contributed by atoms with Gasteiger partial charge in [-0.1, -0.05) is 53.2 Å². The van der Waals surface area contributed by atoms with Gasteiger partial charge in [-0.05, 0) is 44.2 Å². The number of nitrogens with one attached hydrogen (secondary N) is 1. The lowest BCUT2D eigenvalue weighted by atomic mass is 10.1. The number of nitrogens with zero attached hydrogens (tertiary/aromatic N) is 3. The summed E-state index contributed by atoms with van der Waals surface area (Å²) in [6.45, 7) is 4.01. The molecule has 0 aliphatic rings. The summed E-state index contributed by atoms with van der Waals surface area (Å²) in [5, 5.41) is 11.7. The number of benzene rings is 3. The minimum Gasteiger partial charge on any atom is -0.323 e. The number of aryl methyl sites for hydroxylation is 2. The first-order valence-electron chi connectivity index (χ1n) is 9.88. The minimum atomic E-state index is -0.826. The number of rotatable bonds is 6. The Labute approximate surface area is 188 Å². The zero-order chi connectivity index (χ0) is 22.7. The summed E-state index contributed by atoms with van der Waals surface area (Å²) in [5.41, 5.74) is 3.91. The standard InChI is InChI=1S/C24H20F2N4OS/c1-15-6-9-19(10-7-15)30-23(17-5-3-4-16(2)12-17)28-29-24(30)32-14-22(31)27-21-11-8-18(25)13-20(21)26/h3-13H,14H2,1-2H3,(H,27,31). The maximum atomic E-state index is 13.8. The van der Waals surface area contributed by atoms with Crippen molar-refractivity contribution in [1.29, 1.82) is 0 Å². The highest BCUT2D eigenvalue weighted by atomic mass is 32.2. The van der Waals surface area contributed by atoms with Gasteiger partial charge in [0.15, 0.2) is 11.0 Å². The van der Waals surface area contributed by atoms with Crippen molar-refractivity contribution in [3.63, 3.8) is 0 Å². The van der Waals surface area contributed by atoms with Crippen molar-refractivity contribution >= 4 is 23.4 Å². The van der Waals surface area contributed by atoms with Crippen LogP contribution in [0, 0.1) is 25.5 Å². The first-order chi connectivity index (χ1) is 15.4. The molecular weight excluding hydrogens is 430 g/mol. The number of amides is 1. The van der Waals surface area contributed by atoms with E-state index in [1.807, 2.05) is 66.9 Å². The van der Waals surface area contributed by atoms with Crippen LogP contribution < -0.4 is 5.32 Å². The molecule has 0 unspecified atom stereocenters. The second-order valence-electron chi connectivity index (χ2n) is 7.31. The van der Waals surface area contributed by atoms with E-state index in [4.69, 9.17) is 0 Å². The van der Waals surface area contributed by atoms with Gasteiger partial charge in [-0.3, -0.25) is 9.36 Å². The molecule has 0 fully saturated rings. The van der Waals surface area contributed by atoms with Crippen molar-refractivity contribution in [2.45, 2.75) is 19.0 Å². The number of anilines is 1. The minimum absolute atomic E-state index is 0.0192. The number of carbonyl (C=O) groups is 1. The molecule has 4 rings (SSSR count). The van der Waals surface area contributed by atoms with Crippen molar-refractivity contribution in [1.82, 2.24) is 14.8 Å². The quantitative estimate of drug-likeness (QED) is 0.391. The molecule has 8 heteroatoms. The predicted octanol–water partition coefficient (Wildman–Crippen LogP) is 5.56. The van der Waals surface area contributed by atoms with Gasteiger partial charge in [0.25, 0.3) is 0 Å². The molecule has 0 spiro atoms. The van der Waals surface area contributed by atoms with Crippen molar-refractivity contribution in [3.8, 4) is 17.1 Å². The Morgan fingerprint density at radius 3 is 2.47 bits per heavy atom. The second kappa shape index (κ2) is 9.32. The summed E-state index contributed by atoms with van der Waals surface area (Å²) >= 11 is 1.18. The molecule has 1 heterocycles. The van der Waals surface area contributed by atoms with Gasteiger partial charge in [-0.2, -0.15) is 0 Å². The second-order valence-corrected chi connectivity index (χ2v) is 8.25. The maximum Gasteiger partial charge on any atom is 0.234 e. The molecule has 162 valence electrons. The summed E-state index contributed by atoms with van der Waals surface area (Å²) in [6, 6.07) is 18.9. The van der Waals surface area contributed by atoms with Crippen LogP contribution in [0.2, 0.25) is 0 Å². The lowest BCUT2D eigenvalue weighted by Gasteiger charge is -2.11. The zero-order valence-corrected chi connectivity index (χ0v) is 18.3. The smallest absolute Gasteiger partial charge is 0.234 e. The van der Waals surface area contributed by atoms with E-state index in [1.165, 1.54) is 17.8 Å². The van der Waals surface area contributed by atoms with E-state index >= 15 is 0 Å². The van der Waals surface area contributed by atoms with Crippen molar-refractivity contribution in [2.75, 3.05) is 11.1 Å². The Hall–Kier alpha value is -3.52. The number of thioether (sulfide) groups is 1. The molecule has 0 radical (unpaired) electrons. The summed E-state index contributed by atoms with van der Waals surface area (Å²) in [5.74, 6) is -1.33. The highest BCUT2D eigenvalue weighted by Crippen LogP contribution is 2.29. The lowest BCUT2D eigenvalue weighted by molar-refractivity contribution is -0.113. The van der Waals surface area contributed by atoms with E-state index in [0.717, 1.165) is 34.5 Å². The van der Waals surface area contributed by atoms with Gasteiger partial charge in [0.1, 0.15) is 11.6 Å². The van der Waals surface area contributed by atoms with Gasteiger partial charge in [-0.25, -0.2) is 8.78 Å². The molecule has 0 saturated carbocycles. The Bertz CT molecular complexity index is 1270. The van der Waals surface area contributed by atoms with Crippen LogP contribution in [-0.4, -0.2) is 26.4 Å². The molecular formula is C24H20F2N4OS. The van der Waals surface area contributed by atoms with E-state index in [0.29, 0.717) is 11.0 Å². The molecule has 0 atom stereocenters. The molecule has 0 bridgehead atoms. The molecule has 1 N–H and O–H groups in total. The van der Waals surface area contributed by atoms with Crippen LogP contribution in [0.1, 0.15) is 11.1 Å². The third kappa shape index (κ3) is 4.86. The first-order valence-corrected chi connectivity index (χ1v) is 10.9. The van der Waals surface area contributed by atoms with Crippen LogP contribution in [0.4, 0.5) is 14.5 Å². The first kappa shape index (κ1) is 21.7. The largest absolute Gasteiger partial charge is 0.323 e. The molecule has 0 aliphatic heterocycles. The van der Waals surface area contributed by atoms with Crippen LogP contribution in [0.15, 0.2) is 71.9 Å². The molecule has 1 aromatic heterocycles. The van der Waals surface area contributed by atoms with Crippen LogP contribution in [0.25, 0.3) is 17.1 Å². The van der Waals surface area contributed by atoms with Crippen molar-refractivity contribution in [2.24, 2.45) is 0 Å². The predicted molar refractivity (Wildman–Crippen MR) is 122 cm³/mol. The number of carbonyl (C=O) groups excluding carboxylic acids is 1. The number of hydrogen-bond acceptors (Lipinski definition) is 4. The molecule has 1 amide bonds. The zero-order valence-electron chi connectivity index (χ0n) is 17.5. The van der Waals surface area contributed by atoms with E-state index in [9.17, 15) is 13.6 Å². The Kier molecular flexibility index (Phi) is 6.32. The average molecular weight is 451 g/mol. The molecule has 5 nitrogen and oxygen atoms in total. The number of aromatic nitrogens is 3. The summed E-state index contributed by atoms with van der Waals surface area (Å²) in [4.78, 5) is 12.4.